The van der Waals surface area contributed by atoms with E-state index in [1.807, 2.05) is 13.0 Å². The predicted octanol–water partition coefficient (Wildman–Crippen LogP) is 10.9. The number of aliphatic hydroxyl groups excluding tert-OH is 1. The molecule has 3 N–H and O–H groups in total. The molecule has 332 valence electrons. The van der Waals surface area contributed by atoms with Crippen molar-refractivity contribution in [1.29, 1.82) is 0 Å². The Morgan fingerprint density at radius 1 is 0.574 bits per heavy atom. The van der Waals surface area contributed by atoms with Gasteiger partial charge in [-0.2, -0.15) is 0 Å². The van der Waals surface area contributed by atoms with Gasteiger partial charge in [-0.1, -0.05) is 85.1 Å². The SMILES string of the molecule is C=C(C)C(=O)OCC(O)COc1c(-c2nc(-c3ccc(OCCCCCC)c(C)c3O)nc(-c3ccc(OCCCCCC)c(C)c3O)n2)ccc(OCCCCCC)c1C. The number of phenolic OH excluding ortho intramolecular Hbond substituents is 2. The lowest BCUT2D eigenvalue weighted by Gasteiger charge is -2.20. The van der Waals surface area contributed by atoms with Crippen molar-refractivity contribution in [2.75, 3.05) is 33.0 Å². The Morgan fingerprint density at radius 2 is 0.967 bits per heavy atom. The minimum atomic E-state index is -1.17. The zero-order valence-electron chi connectivity index (χ0n) is 37.4. The van der Waals surface area contributed by atoms with Gasteiger partial charge in [-0.15, -0.1) is 0 Å². The summed E-state index contributed by atoms with van der Waals surface area (Å²) in [4.78, 5) is 26.7. The molecule has 0 amide bonds. The number of benzene rings is 3. The third-order valence-corrected chi connectivity index (χ3v) is 10.4. The lowest BCUT2D eigenvalue weighted by Crippen LogP contribution is -2.25. The molecule has 4 aromatic rings. The molecule has 0 aliphatic rings. The molecule has 1 heterocycles. The van der Waals surface area contributed by atoms with Crippen LogP contribution in [0.2, 0.25) is 0 Å². The Labute approximate surface area is 362 Å². The summed E-state index contributed by atoms with van der Waals surface area (Å²) in [6.45, 7) is 18.1. The minimum absolute atomic E-state index is 0.0479. The Kier molecular flexibility index (Phi) is 19.6. The Hall–Kier alpha value is -5.36. The number of aliphatic hydroxyl groups is 1. The molecule has 3 aromatic carbocycles. The van der Waals surface area contributed by atoms with Gasteiger partial charge in [0, 0.05) is 22.3 Å². The van der Waals surface area contributed by atoms with Gasteiger partial charge in [0.15, 0.2) is 17.5 Å². The smallest absolute Gasteiger partial charge is 0.333 e. The third-order valence-electron chi connectivity index (χ3n) is 10.4. The average Bonchev–Trinajstić information content (AvgIpc) is 3.25. The van der Waals surface area contributed by atoms with Crippen LogP contribution in [0.4, 0.5) is 0 Å². The molecule has 0 radical (unpaired) electrons. The summed E-state index contributed by atoms with van der Waals surface area (Å²) in [6.07, 6.45) is 11.4. The first kappa shape index (κ1) is 48.3. The van der Waals surface area contributed by atoms with Gasteiger partial charge in [-0.05, 0) is 83.4 Å². The zero-order valence-corrected chi connectivity index (χ0v) is 37.4. The van der Waals surface area contributed by atoms with E-state index in [1.54, 1.807) is 44.2 Å². The van der Waals surface area contributed by atoms with Crippen molar-refractivity contribution < 1.29 is 43.8 Å². The second-order valence-corrected chi connectivity index (χ2v) is 15.6. The van der Waals surface area contributed by atoms with Gasteiger partial charge in [0.05, 0.1) is 36.5 Å². The Bertz CT molecular complexity index is 1960. The minimum Gasteiger partial charge on any atom is -0.507 e. The van der Waals surface area contributed by atoms with E-state index < -0.39 is 12.1 Å². The number of esters is 1. The highest BCUT2D eigenvalue weighted by atomic mass is 16.5. The van der Waals surface area contributed by atoms with E-state index in [-0.39, 0.29) is 47.8 Å². The molecule has 4 rings (SSSR count). The van der Waals surface area contributed by atoms with Crippen LogP contribution in [-0.4, -0.2) is 75.4 Å². The van der Waals surface area contributed by atoms with E-state index in [9.17, 15) is 20.1 Å². The number of carbonyl (C=O) groups excluding carboxylic acids is 1. The molecule has 12 nitrogen and oxygen atoms in total. The number of nitrogens with zero attached hydrogens (tertiary/aromatic N) is 3. The molecule has 1 unspecified atom stereocenters. The highest BCUT2D eigenvalue weighted by molar-refractivity contribution is 5.87. The standard InChI is InChI=1S/C49H67N3O9/c1-9-12-15-18-27-57-40-24-21-37(43(54)33(40)6)46-50-47(38-22-25-41(34(7)44(38)55)58-28-19-16-13-10-2)52-48(51-46)39-23-26-42(59-29-20-17-14-11-3)35(8)45(39)60-30-36(53)31-61-49(56)32(4)5/h21-26,36,53-55H,4,9-20,27-31H2,1-3,5-8H3. The van der Waals surface area contributed by atoms with Gasteiger partial charge >= 0.3 is 5.97 Å². The number of phenols is 2. The highest BCUT2D eigenvalue weighted by Crippen LogP contribution is 2.42. The third kappa shape index (κ3) is 13.8. The largest absolute Gasteiger partial charge is 0.507 e. The van der Waals surface area contributed by atoms with Crippen molar-refractivity contribution in [3.63, 3.8) is 0 Å². The van der Waals surface area contributed by atoms with Crippen LogP contribution >= 0.6 is 0 Å². The molecule has 0 spiro atoms. The normalized spacial score (nSPS) is 11.6. The van der Waals surface area contributed by atoms with Crippen LogP contribution in [0.5, 0.6) is 34.5 Å². The first-order chi connectivity index (χ1) is 29.4. The van der Waals surface area contributed by atoms with Crippen LogP contribution in [0.25, 0.3) is 34.2 Å². The summed E-state index contributed by atoms with van der Waals surface area (Å²) < 4.78 is 29.9. The second-order valence-electron chi connectivity index (χ2n) is 15.6. The maximum Gasteiger partial charge on any atom is 0.333 e. The van der Waals surface area contributed by atoms with Crippen molar-refractivity contribution in [3.05, 3.63) is 65.2 Å². The Morgan fingerprint density at radius 3 is 1.38 bits per heavy atom. The summed E-state index contributed by atoms with van der Waals surface area (Å²) in [7, 11) is 0. The molecule has 1 atom stereocenters. The number of rotatable bonds is 27. The maximum atomic E-state index is 12.1. The van der Waals surface area contributed by atoms with E-state index in [1.165, 1.54) is 6.92 Å². The Balaban J connectivity index is 1.83. The molecular weight excluding hydrogens is 775 g/mol. The fraction of sp³-hybridized carbons (Fsp3) is 0.510. The summed E-state index contributed by atoms with van der Waals surface area (Å²) >= 11 is 0. The monoisotopic (exact) mass is 841 g/mol. The molecule has 0 saturated heterocycles. The second kappa shape index (κ2) is 24.8. The number of unbranched alkanes of at least 4 members (excludes halogenated alkanes) is 9. The van der Waals surface area contributed by atoms with Crippen LogP contribution in [-0.2, 0) is 9.53 Å². The first-order valence-corrected chi connectivity index (χ1v) is 22.0. The topological polar surface area (TPSA) is 163 Å². The number of hydrogen-bond acceptors (Lipinski definition) is 12. The quantitative estimate of drug-likeness (QED) is 0.0296. The molecule has 0 saturated carbocycles. The highest BCUT2D eigenvalue weighted by Gasteiger charge is 2.24. The summed E-state index contributed by atoms with van der Waals surface area (Å²) in [6, 6.07) is 10.6. The first-order valence-electron chi connectivity index (χ1n) is 22.0. The number of aromatic hydroxyl groups is 2. The van der Waals surface area contributed by atoms with E-state index >= 15 is 0 Å². The zero-order chi connectivity index (χ0) is 44.3. The molecule has 0 bridgehead atoms. The van der Waals surface area contributed by atoms with Crippen molar-refractivity contribution in [2.24, 2.45) is 0 Å². The van der Waals surface area contributed by atoms with Gasteiger partial charge in [0.2, 0.25) is 0 Å². The maximum absolute atomic E-state index is 12.1. The van der Waals surface area contributed by atoms with Gasteiger partial charge < -0.3 is 39.0 Å². The van der Waals surface area contributed by atoms with Crippen molar-refractivity contribution >= 4 is 5.97 Å². The molecule has 12 heteroatoms. The average molecular weight is 842 g/mol. The number of ether oxygens (including phenoxy) is 5. The van der Waals surface area contributed by atoms with Crippen molar-refractivity contribution in [2.45, 2.75) is 132 Å². The van der Waals surface area contributed by atoms with E-state index in [0.717, 1.165) is 77.0 Å². The van der Waals surface area contributed by atoms with E-state index in [2.05, 4.69) is 27.4 Å². The lowest BCUT2D eigenvalue weighted by molar-refractivity contribution is -0.142. The fourth-order valence-corrected chi connectivity index (χ4v) is 6.62. The van der Waals surface area contributed by atoms with Crippen LogP contribution < -0.4 is 18.9 Å². The van der Waals surface area contributed by atoms with Gasteiger partial charge in [-0.3, -0.25) is 0 Å². The molecular formula is C49H67N3O9. The summed E-state index contributed by atoms with van der Waals surface area (Å²) in [5, 5.41) is 34.1. The van der Waals surface area contributed by atoms with Crippen LogP contribution in [0, 0.1) is 20.8 Å². The summed E-state index contributed by atoms with van der Waals surface area (Å²) in [5.41, 5.74) is 3.05. The lowest BCUT2D eigenvalue weighted by atomic mass is 10.0. The van der Waals surface area contributed by atoms with Crippen LogP contribution in [0.1, 0.15) is 121 Å². The van der Waals surface area contributed by atoms with Crippen LogP contribution in [0.15, 0.2) is 48.6 Å². The van der Waals surface area contributed by atoms with Gasteiger partial charge in [0.1, 0.15) is 53.8 Å². The van der Waals surface area contributed by atoms with Crippen molar-refractivity contribution in [3.8, 4) is 68.7 Å². The molecule has 0 aliphatic heterocycles. The summed E-state index contributed by atoms with van der Waals surface area (Å²) in [5.74, 6) is 1.81. The molecule has 0 aliphatic carbocycles. The van der Waals surface area contributed by atoms with Crippen LogP contribution in [0.3, 0.4) is 0 Å². The van der Waals surface area contributed by atoms with Gasteiger partial charge in [-0.25, -0.2) is 19.7 Å². The number of aromatic nitrogens is 3. The number of carbonyl (C=O) groups is 1. The predicted molar refractivity (Wildman–Crippen MR) is 240 cm³/mol. The van der Waals surface area contributed by atoms with E-state index in [4.69, 9.17) is 38.6 Å². The van der Waals surface area contributed by atoms with Gasteiger partial charge in [0.25, 0.3) is 0 Å². The molecule has 1 aromatic heterocycles. The van der Waals surface area contributed by atoms with Crippen molar-refractivity contribution in [1.82, 2.24) is 15.0 Å². The number of hydrogen-bond donors (Lipinski definition) is 3. The molecule has 61 heavy (non-hydrogen) atoms. The van der Waals surface area contributed by atoms with E-state index in [0.29, 0.717) is 76.2 Å². The fourth-order valence-electron chi connectivity index (χ4n) is 6.62. The molecule has 0 fully saturated rings.